The first kappa shape index (κ1) is 24.1. The zero-order valence-electron chi connectivity index (χ0n) is 16.3. The van der Waals surface area contributed by atoms with Crippen LogP contribution in [0.2, 0.25) is 0 Å². The fourth-order valence-electron chi connectivity index (χ4n) is 4.30. The number of nitrogens with two attached hydrogens (primary N) is 1. The van der Waals surface area contributed by atoms with E-state index in [9.17, 15) is 4.79 Å². The number of hydrogen-bond acceptors (Lipinski definition) is 3. The Labute approximate surface area is 176 Å². The van der Waals surface area contributed by atoms with Crippen molar-refractivity contribution in [2.24, 2.45) is 5.92 Å². The van der Waals surface area contributed by atoms with Crippen molar-refractivity contribution in [1.82, 2.24) is 9.80 Å². The van der Waals surface area contributed by atoms with Crippen molar-refractivity contribution in [3.05, 3.63) is 29.8 Å². The van der Waals surface area contributed by atoms with Crippen LogP contribution in [0.4, 0.5) is 5.69 Å². The monoisotopic (exact) mass is 415 g/mol. The Balaban J connectivity index is 0.00000182. The molecule has 1 amide bonds. The number of nitrogens with zero attached hydrogens (tertiary/aromatic N) is 2. The topological polar surface area (TPSA) is 49.6 Å². The number of aryl methyl sites for hydroxylation is 1. The summed E-state index contributed by atoms with van der Waals surface area (Å²) in [6.45, 7) is 5.21. The molecule has 4 nitrogen and oxygen atoms in total. The molecular weight excluding hydrogens is 381 g/mol. The lowest BCUT2D eigenvalue weighted by atomic mass is 9.89. The second-order valence-electron chi connectivity index (χ2n) is 7.74. The maximum atomic E-state index is 12.6. The van der Waals surface area contributed by atoms with Gasteiger partial charge in [0.05, 0.1) is 0 Å². The van der Waals surface area contributed by atoms with Gasteiger partial charge in [0.25, 0.3) is 0 Å². The maximum absolute atomic E-state index is 12.6. The molecule has 154 valence electrons. The number of hydrogen-bond donors (Lipinski definition) is 1. The summed E-state index contributed by atoms with van der Waals surface area (Å²) in [7, 11) is 0. The number of rotatable bonds is 5. The van der Waals surface area contributed by atoms with E-state index in [1.54, 1.807) is 0 Å². The lowest BCUT2D eigenvalue weighted by Crippen LogP contribution is -2.37. The predicted molar refractivity (Wildman–Crippen MR) is 118 cm³/mol. The second kappa shape index (κ2) is 12.5. The van der Waals surface area contributed by atoms with Gasteiger partial charge in [-0.3, -0.25) is 4.79 Å². The van der Waals surface area contributed by atoms with Crippen LogP contribution in [-0.2, 0) is 11.2 Å². The smallest absolute Gasteiger partial charge is 0.222 e. The van der Waals surface area contributed by atoms with E-state index in [0.717, 1.165) is 56.2 Å². The van der Waals surface area contributed by atoms with Gasteiger partial charge in [-0.25, -0.2) is 0 Å². The van der Waals surface area contributed by atoms with E-state index in [-0.39, 0.29) is 30.7 Å². The van der Waals surface area contributed by atoms with Gasteiger partial charge in [-0.15, -0.1) is 24.8 Å². The van der Waals surface area contributed by atoms with Gasteiger partial charge >= 0.3 is 0 Å². The molecule has 0 radical (unpaired) electrons. The average Bonchev–Trinajstić information content (AvgIpc) is 2.87. The van der Waals surface area contributed by atoms with Crippen molar-refractivity contribution >= 4 is 36.4 Å². The maximum Gasteiger partial charge on any atom is 0.222 e. The van der Waals surface area contributed by atoms with Crippen LogP contribution in [0.3, 0.4) is 0 Å². The Morgan fingerprint density at radius 1 is 0.963 bits per heavy atom. The van der Waals surface area contributed by atoms with Crippen LogP contribution in [0.15, 0.2) is 24.3 Å². The molecule has 1 aromatic rings. The predicted octanol–water partition coefficient (Wildman–Crippen LogP) is 4.16. The van der Waals surface area contributed by atoms with Crippen LogP contribution < -0.4 is 5.73 Å². The largest absolute Gasteiger partial charge is 0.399 e. The highest BCUT2D eigenvalue weighted by Gasteiger charge is 2.22. The molecule has 0 spiro atoms. The third kappa shape index (κ3) is 7.52. The van der Waals surface area contributed by atoms with Gasteiger partial charge in [0.1, 0.15) is 0 Å². The van der Waals surface area contributed by atoms with Gasteiger partial charge in [-0.2, -0.15) is 0 Å². The molecular formula is C21H35Cl2N3O. The van der Waals surface area contributed by atoms with E-state index in [1.165, 1.54) is 38.6 Å². The lowest BCUT2D eigenvalue weighted by Gasteiger charge is -2.28. The second-order valence-corrected chi connectivity index (χ2v) is 7.74. The fourth-order valence-corrected chi connectivity index (χ4v) is 4.30. The Hall–Kier alpha value is -0.970. The number of carbonyl (C=O) groups is 1. The number of amides is 1. The zero-order chi connectivity index (χ0) is 17.5. The highest BCUT2D eigenvalue weighted by molar-refractivity contribution is 5.85. The third-order valence-electron chi connectivity index (χ3n) is 5.85. The van der Waals surface area contributed by atoms with Gasteiger partial charge in [0.15, 0.2) is 0 Å². The van der Waals surface area contributed by atoms with Crippen LogP contribution >= 0.6 is 24.8 Å². The van der Waals surface area contributed by atoms with Crippen molar-refractivity contribution < 1.29 is 4.79 Å². The van der Waals surface area contributed by atoms with Gasteiger partial charge in [-0.05, 0) is 49.8 Å². The standard InChI is InChI=1S/C21H33N3O.2ClH/c22-20-10-5-4-9-19(20)11-12-21(25)24-14-6-13-23(15-16-24)17-18-7-2-1-3-8-18;;/h4-5,9-10,18H,1-3,6-8,11-17,22H2;2*1H. The number of anilines is 1. The summed E-state index contributed by atoms with van der Waals surface area (Å²) in [4.78, 5) is 17.3. The number of para-hydroxylation sites is 1. The first-order chi connectivity index (χ1) is 12.2. The molecule has 1 aliphatic heterocycles. The molecule has 0 aromatic heterocycles. The Morgan fingerprint density at radius 3 is 2.44 bits per heavy atom. The summed E-state index contributed by atoms with van der Waals surface area (Å²) in [5.41, 5.74) is 7.87. The van der Waals surface area contributed by atoms with Crippen molar-refractivity contribution in [1.29, 1.82) is 0 Å². The number of halogens is 2. The summed E-state index contributed by atoms with van der Waals surface area (Å²) >= 11 is 0. The van der Waals surface area contributed by atoms with Crippen LogP contribution in [0, 0.1) is 5.92 Å². The van der Waals surface area contributed by atoms with Gasteiger partial charge in [0.2, 0.25) is 5.91 Å². The zero-order valence-corrected chi connectivity index (χ0v) is 17.9. The molecule has 2 fully saturated rings. The first-order valence-corrected chi connectivity index (χ1v) is 10.1. The first-order valence-electron chi connectivity index (χ1n) is 10.1. The lowest BCUT2D eigenvalue weighted by molar-refractivity contribution is -0.131. The molecule has 3 rings (SSSR count). The molecule has 6 heteroatoms. The summed E-state index contributed by atoms with van der Waals surface area (Å²) in [5.74, 6) is 1.17. The Kier molecular flexibility index (Phi) is 11.1. The van der Waals surface area contributed by atoms with E-state index < -0.39 is 0 Å². The molecule has 0 bridgehead atoms. The van der Waals surface area contributed by atoms with Crippen LogP contribution in [0.1, 0.15) is 50.5 Å². The normalized spacial score (nSPS) is 18.9. The van der Waals surface area contributed by atoms with Gasteiger partial charge in [0, 0.05) is 38.3 Å². The van der Waals surface area contributed by atoms with Crippen LogP contribution in [0.5, 0.6) is 0 Å². The summed E-state index contributed by atoms with van der Waals surface area (Å²) in [6.07, 6.45) is 9.45. The van der Waals surface area contributed by atoms with E-state index in [4.69, 9.17) is 5.73 Å². The molecule has 1 aliphatic carbocycles. The molecule has 2 aliphatic rings. The van der Waals surface area contributed by atoms with E-state index >= 15 is 0 Å². The molecule has 0 unspecified atom stereocenters. The Morgan fingerprint density at radius 2 is 1.70 bits per heavy atom. The quantitative estimate of drug-likeness (QED) is 0.734. The molecule has 1 saturated heterocycles. The average molecular weight is 416 g/mol. The molecule has 1 aromatic carbocycles. The Bertz CT molecular complexity index is 564. The molecule has 1 saturated carbocycles. The SMILES string of the molecule is Cl.Cl.Nc1ccccc1CCC(=O)N1CCCN(CC2CCCCC2)CC1. The number of benzene rings is 1. The summed E-state index contributed by atoms with van der Waals surface area (Å²) in [5, 5.41) is 0. The number of carbonyl (C=O) groups excluding carboxylic acids is 1. The van der Waals surface area contributed by atoms with Crippen LogP contribution in [0.25, 0.3) is 0 Å². The highest BCUT2D eigenvalue weighted by atomic mass is 35.5. The highest BCUT2D eigenvalue weighted by Crippen LogP contribution is 2.24. The van der Waals surface area contributed by atoms with Gasteiger partial charge < -0.3 is 15.5 Å². The van der Waals surface area contributed by atoms with E-state index in [1.807, 2.05) is 24.3 Å². The van der Waals surface area contributed by atoms with Crippen LogP contribution in [-0.4, -0.2) is 48.4 Å². The van der Waals surface area contributed by atoms with Crippen molar-refractivity contribution in [2.45, 2.75) is 51.4 Å². The van der Waals surface area contributed by atoms with E-state index in [2.05, 4.69) is 9.80 Å². The third-order valence-corrected chi connectivity index (χ3v) is 5.85. The molecule has 2 N–H and O–H groups in total. The molecule has 27 heavy (non-hydrogen) atoms. The van der Waals surface area contributed by atoms with Crippen molar-refractivity contribution in [2.75, 3.05) is 38.5 Å². The summed E-state index contributed by atoms with van der Waals surface area (Å²) < 4.78 is 0. The number of nitrogen functional groups attached to an aromatic ring is 1. The minimum atomic E-state index is 0. The minimum Gasteiger partial charge on any atom is -0.399 e. The van der Waals surface area contributed by atoms with Gasteiger partial charge in [-0.1, -0.05) is 37.5 Å². The molecule has 0 atom stereocenters. The van der Waals surface area contributed by atoms with Crippen molar-refractivity contribution in [3.63, 3.8) is 0 Å². The van der Waals surface area contributed by atoms with E-state index in [0.29, 0.717) is 6.42 Å². The minimum absolute atomic E-state index is 0. The van der Waals surface area contributed by atoms with Crippen molar-refractivity contribution in [3.8, 4) is 0 Å². The fraction of sp³-hybridized carbons (Fsp3) is 0.667. The molecule has 1 heterocycles. The summed E-state index contributed by atoms with van der Waals surface area (Å²) in [6, 6.07) is 7.87.